The van der Waals surface area contributed by atoms with Crippen molar-refractivity contribution >= 4 is 33.4 Å². The monoisotopic (exact) mass is 579 g/mol. The van der Waals surface area contributed by atoms with Gasteiger partial charge in [0, 0.05) is 18.1 Å². The molecule has 0 saturated heterocycles. The Bertz CT molecular complexity index is 1500. The van der Waals surface area contributed by atoms with E-state index in [4.69, 9.17) is 16.0 Å². The van der Waals surface area contributed by atoms with Crippen molar-refractivity contribution < 1.29 is 22.4 Å². The highest BCUT2D eigenvalue weighted by Crippen LogP contribution is 2.25. The number of nitrogens with zero attached hydrogens (tertiary/aromatic N) is 2. The zero-order valence-corrected chi connectivity index (χ0v) is 23.5. The first-order chi connectivity index (χ1) is 19.2. The third-order valence-corrected chi connectivity index (χ3v) is 7.71. The summed E-state index contributed by atoms with van der Waals surface area (Å²) in [5.74, 6) is -0.404. The summed E-state index contributed by atoms with van der Waals surface area (Å²) < 4.78 is 32.0. The summed E-state index contributed by atoms with van der Waals surface area (Å²) >= 11 is 6.08. The number of carbonyl (C=O) groups is 2. The molecule has 0 fully saturated rings. The molecule has 0 radical (unpaired) electrons. The van der Waals surface area contributed by atoms with Gasteiger partial charge in [-0.3, -0.25) is 9.59 Å². The Hall–Kier alpha value is -3.92. The molecule has 0 aliphatic heterocycles. The summed E-state index contributed by atoms with van der Waals surface area (Å²) in [6.07, 6.45) is 2.58. The molecule has 10 heteroatoms. The maximum Gasteiger partial charge on any atom is 0.247 e. The molecule has 1 N–H and O–H groups in total. The van der Waals surface area contributed by atoms with Gasteiger partial charge in [0.1, 0.15) is 11.8 Å². The first-order valence-corrected chi connectivity index (χ1v) is 14.8. The molecule has 4 rings (SSSR count). The Balaban J connectivity index is 1.69. The lowest BCUT2D eigenvalue weighted by Gasteiger charge is -2.33. The molecule has 0 spiro atoms. The molecular formula is C30H30ClN3O5S. The molecule has 208 valence electrons. The Labute approximate surface area is 239 Å². The Kier molecular flexibility index (Phi) is 9.76. The quantitative estimate of drug-likeness (QED) is 0.260. The van der Waals surface area contributed by atoms with Crippen LogP contribution in [0.2, 0.25) is 5.02 Å². The second-order valence-electron chi connectivity index (χ2n) is 9.28. The first-order valence-electron chi connectivity index (χ1n) is 12.6. The fraction of sp³-hybridized carbons (Fsp3) is 0.200. The summed E-state index contributed by atoms with van der Waals surface area (Å²) in [4.78, 5) is 29.1. The molecule has 4 aromatic rings. The van der Waals surface area contributed by atoms with E-state index in [1.54, 1.807) is 84.9 Å². The van der Waals surface area contributed by atoms with Crippen LogP contribution >= 0.6 is 11.6 Å². The lowest BCUT2D eigenvalue weighted by atomic mass is 10.0. The van der Waals surface area contributed by atoms with E-state index in [0.29, 0.717) is 16.3 Å². The van der Waals surface area contributed by atoms with Crippen LogP contribution in [0.15, 0.2) is 108 Å². The third-order valence-electron chi connectivity index (χ3n) is 6.26. The van der Waals surface area contributed by atoms with Gasteiger partial charge in [0.2, 0.25) is 21.8 Å². The number of halogens is 1. The molecule has 0 saturated carbocycles. The number of benzene rings is 3. The summed E-state index contributed by atoms with van der Waals surface area (Å²) in [6, 6.07) is 27.3. The predicted molar refractivity (Wildman–Crippen MR) is 153 cm³/mol. The fourth-order valence-corrected chi connectivity index (χ4v) is 5.08. The van der Waals surface area contributed by atoms with Gasteiger partial charge in [-0.25, -0.2) is 8.42 Å². The number of hydrogen-bond acceptors (Lipinski definition) is 5. The van der Waals surface area contributed by atoms with E-state index >= 15 is 0 Å². The van der Waals surface area contributed by atoms with Gasteiger partial charge in [-0.2, -0.15) is 4.31 Å². The van der Waals surface area contributed by atoms with E-state index in [2.05, 4.69) is 5.32 Å². The molecule has 40 heavy (non-hydrogen) atoms. The normalized spacial score (nSPS) is 12.2. The Morgan fingerprint density at radius 2 is 1.48 bits per heavy atom. The largest absolute Gasteiger partial charge is 0.467 e. The number of carbonyl (C=O) groups excluding carboxylic acids is 2. The molecule has 8 nitrogen and oxygen atoms in total. The number of sulfonamides is 1. The van der Waals surface area contributed by atoms with Gasteiger partial charge in [0.15, 0.2) is 0 Å². The van der Waals surface area contributed by atoms with Gasteiger partial charge in [-0.05, 0) is 41.0 Å². The first kappa shape index (κ1) is 29.1. The highest BCUT2D eigenvalue weighted by Gasteiger charge is 2.33. The van der Waals surface area contributed by atoms with Crippen LogP contribution in [-0.2, 0) is 39.2 Å². The zero-order chi connectivity index (χ0) is 28.5. The number of nitrogens with one attached hydrogen (secondary N) is 1. The van der Waals surface area contributed by atoms with Gasteiger partial charge in [-0.15, -0.1) is 0 Å². The van der Waals surface area contributed by atoms with E-state index in [9.17, 15) is 18.0 Å². The lowest BCUT2D eigenvalue weighted by molar-refractivity contribution is -0.142. The van der Waals surface area contributed by atoms with Crippen LogP contribution in [0.5, 0.6) is 0 Å². The van der Waals surface area contributed by atoms with Crippen molar-refractivity contribution in [1.29, 1.82) is 0 Å². The van der Waals surface area contributed by atoms with Crippen molar-refractivity contribution in [2.24, 2.45) is 0 Å². The van der Waals surface area contributed by atoms with Crippen LogP contribution in [0.3, 0.4) is 0 Å². The molecule has 0 aliphatic carbocycles. The second-order valence-corrected chi connectivity index (χ2v) is 11.7. The summed E-state index contributed by atoms with van der Waals surface area (Å²) in [5.41, 5.74) is 2.04. The van der Waals surface area contributed by atoms with Crippen molar-refractivity contribution in [2.75, 3.05) is 12.8 Å². The maximum absolute atomic E-state index is 14.0. The van der Waals surface area contributed by atoms with Gasteiger partial charge >= 0.3 is 0 Å². The third kappa shape index (κ3) is 8.05. The zero-order valence-electron chi connectivity index (χ0n) is 21.9. The molecule has 1 aromatic heterocycles. The van der Waals surface area contributed by atoms with Crippen LogP contribution in [0.4, 0.5) is 0 Å². The van der Waals surface area contributed by atoms with E-state index in [1.165, 1.54) is 11.2 Å². The molecule has 1 atom stereocenters. The summed E-state index contributed by atoms with van der Waals surface area (Å²) in [5, 5.41) is 3.39. The van der Waals surface area contributed by atoms with Crippen LogP contribution < -0.4 is 5.32 Å². The van der Waals surface area contributed by atoms with Crippen LogP contribution in [-0.4, -0.2) is 42.2 Å². The highest BCUT2D eigenvalue weighted by molar-refractivity contribution is 7.88. The molecule has 0 unspecified atom stereocenters. The molecule has 3 aromatic carbocycles. The van der Waals surface area contributed by atoms with E-state index in [0.717, 1.165) is 21.7 Å². The van der Waals surface area contributed by atoms with E-state index in [-0.39, 0.29) is 19.6 Å². The highest BCUT2D eigenvalue weighted by atomic mass is 35.5. The van der Waals surface area contributed by atoms with Crippen molar-refractivity contribution in [1.82, 2.24) is 14.5 Å². The fourth-order valence-electron chi connectivity index (χ4n) is 4.22. The lowest BCUT2D eigenvalue weighted by Crippen LogP contribution is -2.47. The second kappa shape index (κ2) is 13.4. The number of furan rings is 1. The van der Waals surface area contributed by atoms with Crippen molar-refractivity contribution in [3.05, 3.63) is 131 Å². The SMILES string of the molecule is CS(=O)(=O)N(CC(=O)N(Cc1ccc(Cl)cc1)[C@@H](C(=O)NCc1ccco1)c1ccccc1)Cc1ccccc1. The average Bonchev–Trinajstić information content (AvgIpc) is 3.47. The molecule has 0 aliphatic rings. The number of rotatable bonds is 12. The minimum atomic E-state index is -3.77. The average molecular weight is 580 g/mol. The minimum Gasteiger partial charge on any atom is -0.467 e. The van der Waals surface area contributed by atoms with Crippen molar-refractivity contribution in [3.8, 4) is 0 Å². The van der Waals surface area contributed by atoms with Crippen LogP contribution in [0.25, 0.3) is 0 Å². The minimum absolute atomic E-state index is 0.0148. The maximum atomic E-state index is 14.0. The van der Waals surface area contributed by atoms with Crippen LogP contribution in [0.1, 0.15) is 28.5 Å². The smallest absolute Gasteiger partial charge is 0.247 e. The molecule has 0 bridgehead atoms. The predicted octanol–water partition coefficient (Wildman–Crippen LogP) is 4.78. The summed E-state index contributed by atoms with van der Waals surface area (Å²) in [7, 11) is -3.77. The summed E-state index contributed by atoms with van der Waals surface area (Å²) in [6.45, 7) is -0.259. The van der Waals surface area contributed by atoms with E-state index in [1.807, 2.05) is 12.1 Å². The van der Waals surface area contributed by atoms with Crippen molar-refractivity contribution in [2.45, 2.75) is 25.7 Å². The standard InChI is InChI=1S/C30H30ClN3O5S/c1-40(37,38)33(20-23-9-4-2-5-10-23)22-28(35)34(21-24-14-16-26(31)17-15-24)29(25-11-6-3-7-12-25)30(36)32-19-27-13-8-18-39-27/h2-18,29H,19-22H2,1H3,(H,32,36)/t29-/m1/s1. The van der Waals surface area contributed by atoms with Gasteiger partial charge in [0.25, 0.3) is 0 Å². The van der Waals surface area contributed by atoms with Gasteiger partial charge in [0.05, 0.1) is 25.6 Å². The Morgan fingerprint density at radius 3 is 2.08 bits per heavy atom. The number of amides is 2. The van der Waals surface area contributed by atoms with Crippen LogP contribution in [0, 0.1) is 0 Å². The van der Waals surface area contributed by atoms with Gasteiger partial charge in [-0.1, -0.05) is 84.4 Å². The van der Waals surface area contributed by atoms with Crippen molar-refractivity contribution in [3.63, 3.8) is 0 Å². The topological polar surface area (TPSA) is 99.9 Å². The Morgan fingerprint density at radius 1 is 0.850 bits per heavy atom. The molecule has 2 amide bonds. The molecule has 1 heterocycles. The van der Waals surface area contributed by atoms with Gasteiger partial charge < -0.3 is 14.6 Å². The van der Waals surface area contributed by atoms with E-state index < -0.39 is 34.4 Å². The molecular weight excluding hydrogens is 550 g/mol. The number of hydrogen-bond donors (Lipinski definition) is 1.